The van der Waals surface area contributed by atoms with E-state index in [2.05, 4.69) is 4.98 Å². The lowest BCUT2D eigenvalue weighted by Crippen LogP contribution is -2.06. The predicted molar refractivity (Wildman–Crippen MR) is 127 cm³/mol. The first-order valence-electron chi connectivity index (χ1n) is 10.9. The van der Waals surface area contributed by atoms with E-state index in [-0.39, 0.29) is 5.78 Å². The van der Waals surface area contributed by atoms with Crippen LogP contribution in [-0.4, -0.2) is 17.9 Å². The molecule has 4 rings (SSSR count). The fraction of sp³-hybridized carbons (Fsp3) is 0.214. The number of methoxy groups -OCH3 is 1. The van der Waals surface area contributed by atoms with Gasteiger partial charge in [-0.1, -0.05) is 36.4 Å². The van der Waals surface area contributed by atoms with Gasteiger partial charge >= 0.3 is 6.18 Å². The van der Waals surface area contributed by atoms with E-state index in [4.69, 9.17) is 4.74 Å². The Morgan fingerprint density at radius 1 is 0.971 bits per heavy atom. The van der Waals surface area contributed by atoms with E-state index >= 15 is 0 Å². The Hall–Kier alpha value is -3.67. The van der Waals surface area contributed by atoms with Gasteiger partial charge in [-0.15, -0.1) is 0 Å². The molecule has 3 aromatic carbocycles. The topological polar surface area (TPSA) is 39.2 Å². The van der Waals surface area contributed by atoms with Gasteiger partial charge in [0, 0.05) is 28.3 Å². The molecule has 0 N–H and O–H groups in total. The van der Waals surface area contributed by atoms with E-state index in [1.165, 1.54) is 19.1 Å². The summed E-state index contributed by atoms with van der Waals surface area (Å²) < 4.78 is 44.0. The van der Waals surface area contributed by atoms with Gasteiger partial charge in [-0.05, 0) is 67.6 Å². The molecule has 0 amide bonds. The third-order valence-corrected chi connectivity index (χ3v) is 5.98. The second-order valence-electron chi connectivity index (χ2n) is 8.24. The summed E-state index contributed by atoms with van der Waals surface area (Å²) in [5, 5.41) is 0.846. The molecule has 0 aliphatic heterocycles. The molecule has 0 aliphatic carbocycles. The Bertz CT molecular complexity index is 1360. The molecule has 0 aliphatic rings. The van der Waals surface area contributed by atoms with Crippen LogP contribution in [-0.2, 0) is 19.0 Å². The Morgan fingerprint density at radius 3 is 2.32 bits per heavy atom. The molecule has 0 spiro atoms. The molecule has 6 heteroatoms. The van der Waals surface area contributed by atoms with Crippen molar-refractivity contribution in [1.82, 2.24) is 4.98 Å². The molecule has 0 saturated heterocycles. The fourth-order valence-electron chi connectivity index (χ4n) is 4.33. The van der Waals surface area contributed by atoms with Gasteiger partial charge in [0.1, 0.15) is 5.75 Å². The molecule has 0 fully saturated rings. The van der Waals surface area contributed by atoms with E-state index in [1.807, 2.05) is 49.4 Å². The Kier molecular flexibility index (Phi) is 6.42. The highest BCUT2D eigenvalue weighted by molar-refractivity contribution is 6.10. The zero-order valence-electron chi connectivity index (χ0n) is 19.2. The number of carbonyl (C=O) groups excluding carboxylic acids is 1. The number of rotatable bonds is 6. The number of pyridine rings is 1. The van der Waals surface area contributed by atoms with Gasteiger partial charge in [0.2, 0.25) is 0 Å². The summed E-state index contributed by atoms with van der Waals surface area (Å²) in [5.41, 5.74) is 4.84. The monoisotopic (exact) mass is 463 g/mol. The van der Waals surface area contributed by atoms with Crippen LogP contribution < -0.4 is 4.74 Å². The number of halogens is 3. The molecular weight excluding hydrogens is 439 g/mol. The maximum absolute atomic E-state index is 12.9. The van der Waals surface area contributed by atoms with Crippen LogP contribution in [0.5, 0.6) is 5.75 Å². The molecular formula is C28H24F3NO2. The highest BCUT2D eigenvalue weighted by atomic mass is 19.4. The lowest BCUT2D eigenvalue weighted by Gasteiger charge is -2.18. The van der Waals surface area contributed by atoms with E-state index in [9.17, 15) is 18.0 Å². The summed E-state index contributed by atoms with van der Waals surface area (Å²) in [7, 11) is 1.59. The van der Waals surface area contributed by atoms with Gasteiger partial charge in [0.05, 0.1) is 18.2 Å². The minimum Gasteiger partial charge on any atom is -0.497 e. The minimum absolute atomic E-state index is 0.0738. The van der Waals surface area contributed by atoms with Crippen LogP contribution >= 0.6 is 0 Å². The largest absolute Gasteiger partial charge is 0.497 e. The molecule has 1 aromatic heterocycles. The second-order valence-corrected chi connectivity index (χ2v) is 8.24. The lowest BCUT2D eigenvalue weighted by atomic mass is 9.88. The zero-order valence-corrected chi connectivity index (χ0v) is 19.2. The van der Waals surface area contributed by atoms with E-state index < -0.39 is 11.7 Å². The van der Waals surface area contributed by atoms with Crippen molar-refractivity contribution in [3.05, 3.63) is 94.7 Å². The standard InChI is InChI=1S/C28H24F3NO2/c1-17-26(18(2)33)27(24-15-14-22(34-3)16-25(24)32-17)23-7-5-4-6-20(23)11-8-19-9-12-21(13-10-19)28(29,30)31/h4-7,9-10,12-16H,8,11H2,1-3H3. The molecule has 0 atom stereocenters. The average Bonchev–Trinajstić information content (AvgIpc) is 2.81. The van der Waals surface area contributed by atoms with Gasteiger partial charge in [0.15, 0.2) is 5.78 Å². The number of aryl methyl sites for hydroxylation is 3. The number of benzene rings is 3. The maximum atomic E-state index is 12.9. The Balaban J connectivity index is 1.78. The Labute approximate surface area is 196 Å². The number of aromatic nitrogens is 1. The molecule has 0 radical (unpaired) electrons. The minimum atomic E-state index is -4.35. The molecule has 4 aromatic rings. The smallest absolute Gasteiger partial charge is 0.416 e. The van der Waals surface area contributed by atoms with Crippen molar-refractivity contribution in [1.29, 1.82) is 0 Å². The molecule has 1 heterocycles. The van der Waals surface area contributed by atoms with Crippen LogP contribution in [0, 0.1) is 6.92 Å². The van der Waals surface area contributed by atoms with Crippen LogP contribution in [0.25, 0.3) is 22.0 Å². The van der Waals surface area contributed by atoms with Gasteiger partial charge in [-0.25, -0.2) is 0 Å². The third kappa shape index (κ3) is 4.67. The normalized spacial score (nSPS) is 11.6. The van der Waals surface area contributed by atoms with Crippen LogP contribution in [0.3, 0.4) is 0 Å². The number of ketones is 1. The van der Waals surface area contributed by atoms with Crippen molar-refractivity contribution in [3.63, 3.8) is 0 Å². The first-order valence-corrected chi connectivity index (χ1v) is 10.9. The zero-order chi connectivity index (χ0) is 24.5. The number of fused-ring (bicyclic) bond motifs is 1. The predicted octanol–water partition coefficient (Wildman–Crippen LogP) is 7.23. The van der Waals surface area contributed by atoms with Crippen LogP contribution in [0.15, 0.2) is 66.7 Å². The number of hydrogen-bond acceptors (Lipinski definition) is 3. The second kappa shape index (κ2) is 9.29. The summed E-state index contributed by atoms with van der Waals surface area (Å²) >= 11 is 0. The van der Waals surface area contributed by atoms with E-state index in [0.717, 1.165) is 45.3 Å². The van der Waals surface area contributed by atoms with E-state index in [1.54, 1.807) is 7.11 Å². The van der Waals surface area contributed by atoms with Crippen molar-refractivity contribution in [2.45, 2.75) is 32.9 Å². The van der Waals surface area contributed by atoms with E-state index in [0.29, 0.717) is 29.8 Å². The summed E-state index contributed by atoms with van der Waals surface area (Å²) in [6.45, 7) is 3.36. The van der Waals surface area contributed by atoms with Gasteiger partial charge < -0.3 is 4.74 Å². The van der Waals surface area contributed by atoms with Crippen LogP contribution in [0.2, 0.25) is 0 Å². The number of ether oxygens (including phenoxy) is 1. The number of carbonyl (C=O) groups is 1. The van der Waals surface area contributed by atoms with Gasteiger partial charge in [0.25, 0.3) is 0 Å². The lowest BCUT2D eigenvalue weighted by molar-refractivity contribution is -0.137. The van der Waals surface area contributed by atoms with Crippen molar-refractivity contribution < 1.29 is 22.7 Å². The SMILES string of the molecule is COc1ccc2c(-c3ccccc3CCc3ccc(C(F)(F)F)cc3)c(C(C)=O)c(C)nc2c1. The number of hydrogen-bond donors (Lipinski definition) is 0. The molecule has 3 nitrogen and oxygen atoms in total. The Morgan fingerprint density at radius 2 is 1.68 bits per heavy atom. The van der Waals surface area contributed by atoms with Crippen molar-refractivity contribution in [2.24, 2.45) is 0 Å². The number of Topliss-reactive ketones (excluding diaryl/α,β-unsaturated/α-hetero) is 1. The third-order valence-electron chi connectivity index (χ3n) is 5.98. The first kappa shape index (κ1) is 23.5. The quantitative estimate of drug-likeness (QED) is 0.283. The average molecular weight is 463 g/mol. The molecule has 0 saturated carbocycles. The fourth-order valence-corrected chi connectivity index (χ4v) is 4.33. The highest BCUT2D eigenvalue weighted by Gasteiger charge is 2.30. The molecule has 0 unspecified atom stereocenters. The van der Waals surface area contributed by atoms with Crippen molar-refractivity contribution in [2.75, 3.05) is 7.11 Å². The molecule has 174 valence electrons. The van der Waals surface area contributed by atoms with Crippen LogP contribution in [0.1, 0.15) is 39.7 Å². The summed E-state index contributed by atoms with van der Waals surface area (Å²) in [6, 6.07) is 18.7. The summed E-state index contributed by atoms with van der Waals surface area (Å²) in [4.78, 5) is 17.3. The van der Waals surface area contributed by atoms with Crippen molar-refractivity contribution in [3.8, 4) is 16.9 Å². The van der Waals surface area contributed by atoms with Crippen LogP contribution in [0.4, 0.5) is 13.2 Å². The number of alkyl halides is 3. The highest BCUT2D eigenvalue weighted by Crippen LogP contribution is 2.37. The first-order chi connectivity index (χ1) is 16.2. The maximum Gasteiger partial charge on any atom is 0.416 e. The number of nitrogens with zero attached hydrogens (tertiary/aromatic N) is 1. The van der Waals surface area contributed by atoms with Crippen molar-refractivity contribution >= 4 is 16.7 Å². The summed E-state index contributed by atoms with van der Waals surface area (Å²) in [6.07, 6.45) is -3.17. The molecule has 0 bridgehead atoms. The van der Waals surface area contributed by atoms with Gasteiger partial charge in [-0.3, -0.25) is 9.78 Å². The molecule has 34 heavy (non-hydrogen) atoms. The summed E-state index contributed by atoms with van der Waals surface area (Å²) in [5.74, 6) is 0.603. The van der Waals surface area contributed by atoms with Gasteiger partial charge in [-0.2, -0.15) is 13.2 Å².